The highest BCUT2D eigenvalue weighted by Crippen LogP contribution is 2.10. The number of aromatic nitrogens is 2. The van der Waals surface area contributed by atoms with Gasteiger partial charge in [-0.25, -0.2) is 9.97 Å². The number of carbonyl (C=O) groups is 1. The summed E-state index contributed by atoms with van der Waals surface area (Å²) in [5.74, 6) is -0.953. The predicted octanol–water partition coefficient (Wildman–Crippen LogP) is 0.757. The van der Waals surface area contributed by atoms with Crippen LogP contribution in [0.4, 0.5) is 0 Å². The molecule has 0 aliphatic heterocycles. The van der Waals surface area contributed by atoms with Crippen molar-refractivity contribution in [2.24, 2.45) is 0 Å². The summed E-state index contributed by atoms with van der Waals surface area (Å²) in [7, 11) is 0. The van der Waals surface area contributed by atoms with E-state index in [-0.39, 0.29) is 11.4 Å². The molecular formula is C6H5ClN2O2. The van der Waals surface area contributed by atoms with E-state index in [1.165, 1.54) is 12.5 Å². The third-order valence-electron chi connectivity index (χ3n) is 1.06. The highest BCUT2D eigenvalue weighted by molar-refractivity contribution is 6.31. The molecular weight excluding hydrogens is 168 g/mol. The Morgan fingerprint density at radius 2 is 2.45 bits per heavy atom. The van der Waals surface area contributed by atoms with Gasteiger partial charge in [-0.05, 0) is 0 Å². The molecule has 0 bridgehead atoms. The Kier molecular flexibility index (Phi) is 2.38. The maximum Gasteiger partial charge on any atom is 0.309 e. The van der Waals surface area contributed by atoms with Crippen molar-refractivity contribution in [1.29, 1.82) is 0 Å². The van der Waals surface area contributed by atoms with Crippen molar-refractivity contribution in [3.05, 3.63) is 23.2 Å². The van der Waals surface area contributed by atoms with Crippen LogP contribution in [0, 0.1) is 0 Å². The van der Waals surface area contributed by atoms with Gasteiger partial charge in [0.25, 0.3) is 0 Å². The number of nitrogens with zero attached hydrogens (tertiary/aromatic N) is 2. The molecule has 0 amide bonds. The van der Waals surface area contributed by atoms with E-state index >= 15 is 0 Å². The van der Waals surface area contributed by atoms with Gasteiger partial charge in [-0.2, -0.15) is 0 Å². The van der Waals surface area contributed by atoms with Crippen molar-refractivity contribution in [3.8, 4) is 0 Å². The number of hydrogen-bond donors (Lipinski definition) is 1. The minimum Gasteiger partial charge on any atom is -0.481 e. The summed E-state index contributed by atoms with van der Waals surface area (Å²) in [6.45, 7) is 0. The van der Waals surface area contributed by atoms with Crippen molar-refractivity contribution in [2.75, 3.05) is 0 Å². The molecule has 1 heterocycles. The number of aliphatic carboxylic acids is 1. The first-order valence-corrected chi connectivity index (χ1v) is 3.24. The molecule has 1 rings (SSSR count). The number of carboxylic acid groups (broad SMARTS) is 1. The van der Waals surface area contributed by atoms with Crippen molar-refractivity contribution < 1.29 is 9.90 Å². The van der Waals surface area contributed by atoms with Crippen molar-refractivity contribution >= 4 is 17.6 Å². The summed E-state index contributed by atoms with van der Waals surface area (Å²) in [6, 6.07) is 0. The van der Waals surface area contributed by atoms with Crippen molar-refractivity contribution in [3.63, 3.8) is 0 Å². The topological polar surface area (TPSA) is 63.1 Å². The van der Waals surface area contributed by atoms with Crippen LogP contribution in [0.5, 0.6) is 0 Å². The molecule has 0 fully saturated rings. The summed E-state index contributed by atoms with van der Waals surface area (Å²) in [5, 5.41) is 8.66. The van der Waals surface area contributed by atoms with Gasteiger partial charge in [0.15, 0.2) is 0 Å². The molecule has 0 aliphatic rings. The Hall–Kier alpha value is -1.16. The molecule has 0 saturated heterocycles. The van der Waals surface area contributed by atoms with Gasteiger partial charge in [0.05, 0.1) is 17.1 Å². The first-order chi connectivity index (χ1) is 5.20. The zero-order valence-corrected chi connectivity index (χ0v) is 6.25. The molecule has 0 spiro atoms. The van der Waals surface area contributed by atoms with Gasteiger partial charge in [0.1, 0.15) is 6.33 Å². The third kappa shape index (κ3) is 2.16. The molecule has 0 saturated carbocycles. The lowest BCUT2D eigenvalue weighted by atomic mass is 10.3. The van der Waals surface area contributed by atoms with Crippen LogP contribution in [-0.2, 0) is 11.2 Å². The number of rotatable bonds is 2. The zero-order chi connectivity index (χ0) is 8.27. The summed E-state index contributed by atoms with van der Waals surface area (Å²) < 4.78 is 0. The monoisotopic (exact) mass is 172 g/mol. The van der Waals surface area contributed by atoms with Gasteiger partial charge in [0.2, 0.25) is 0 Å². The van der Waals surface area contributed by atoms with E-state index in [4.69, 9.17) is 16.7 Å². The van der Waals surface area contributed by atoms with Gasteiger partial charge < -0.3 is 5.11 Å². The van der Waals surface area contributed by atoms with Crippen LogP contribution < -0.4 is 0 Å². The molecule has 58 valence electrons. The van der Waals surface area contributed by atoms with Crippen LogP contribution in [0.15, 0.2) is 12.5 Å². The van der Waals surface area contributed by atoms with Gasteiger partial charge in [-0.1, -0.05) is 11.6 Å². The summed E-state index contributed by atoms with van der Waals surface area (Å²) in [4.78, 5) is 17.5. The summed E-state index contributed by atoms with van der Waals surface area (Å²) >= 11 is 5.58. The Morgan fingerprint density at radius 1 is 1.73 bits per heavy atom. The van der Waals surface area contributed by atoms with E-state index in [1.807, 2.05) is 0 Å². The maximum atomic E-state index is 10.2. The molecule has 1 N–H and O–H groups in total. The minimum atomic E-state index is -0.953. The molecule has 1 aromatic rings. The molecule has 4 nitrogen and oxygen atoms in total. The summed E-state index contributed by atoms with van der Waals surface area (Å²) in [5.41, 5.74) is 0.342. The Morgan fingerprint density at radius 3 is 3.00 bits per heavy atom. The van der Waals surface area contributed by atoms with Crippen LogP contribution in [0.1, 0.15) is 5.69 Å². The molecule has 11 heavy (non-hydrogen) atoms. The normalized spacial score (nSPS) is 9.55. The lowest BCUT2D eigenvalue weighted by Gasteiger charge is -1.96. The van der Waals surface area contributed by atoms with E-state index in [9.17, 15) is 4.79 Å². The van der Waals surface area contributed by atoms with Crippen LogP contribution in [-0.4, -0.2) is 21.0 Å². The fourth-order valence-electron chi connectivity index (χ4n) is 0.611. The fourth-order valence-corrected chi connectivity index (χ4v) is 0.783. The SMILES string of the molecule is O=C(O)Cc1ncncc1Cl. The molecule has 0 aliphatic carbocycles. The second-order valence-electron chi connectivity index (χ2n) is 1.89. The number of halogens is 1. The first kappa shape index (κ1) is 7.94. The smallest absolute Gasteiger partial charge is 0.309 e. The molecule has 1 aromatic heterocycles. The molecule has 0 aromatic carbocycles. The highest BCUT2D eigenvalue weighted by Gasteiger charge is 2.05. The molecule has 0 unspecified atom stereocenters. The first-order valence-electron chi connectivity index (χ1n) is 2.86. The van der Waals surface area contributed by atoms with E-state index in [0.717, 1.165) is 0 Å². The lowest BCUT2D eigenvalue weighted by molar-refractivity contribution is -0.136. The second kappa shape index (κ2) is 3.30. The van der Waals surface area contributed by atoms with Crippen molar-refractivity contribution in [2.45, 2.75) is 6.42 Å². The van der Waals surface area contributed by atoms with Gasteiger partial charge in [-0.15, -0.1) is 0 Å². The van der Waals surface area contributed by atoms with Crippen LogP contribution >= 0.6 is 11.6 Å². The van der Waals surface area contributed by atoms with Crippen LogP contribution in [0.25, 0.3) is 0 Å². The Balaban J connectivity index is 2.86. The Bertz CT molecular complexity index is 277. The lowest BCUT2D eigenvalue weighted by Crippen LogP contribution is -2.02. The zero-order valence-electron chi connectivity index (χ0n) is 5.49. The maximum absolute atomic E-state index is 10.2. The van der Waals surface area contributed by atoms with E-state index in [0.29, 0.717) is 5.69 Å². The average molecular weight is 173 g/mol. The van der Waals surface area contributed by atoms with E-state index in [1.54, 1.807) is 0 Å². The van der Waals surface area contributed by atoms with Crippen molar-refractivity contribution in [1.82, 2.24) is 9.97 Å². The third-order valence-corrected chi connectivity index (χ3v) is 1.38. The van der Waals surface area contributed by atoms with Gasteiger partial charge >= 0.3 is 5.97 Å². The van der Waals surface area contributed by atoms with Gasteiger partial charge in [-0.3, -0.25) is 4.79 Å². The Labute approximate surface area is 67.9 Å². The molecule has 0 radical (unpaired) electrons. The predicted molar refractivity (Wildman–Crippen MR) is 38.4 cm³/mol. The minimum absolute atomic E-state index is 0.165. The number of hydrogen-bond acceptors (Lipinski definition) is 3. The highest BCUT2D eigenvalue weighted by atomic mass is 35.5. The summed E-state index contributed by atoms with van der Waals surface area (Å²) in [6.07, 6.45) is 2.47. The van der Waals surface area contributed by atoms with Crippen LogP contribution in [0.3, 0.4) is 0 Å². The second-order valence-corrected chi connectivity index (χ2v) is 2.30. The van der Waals surface area contributed by atoms with E-state index in [2.05, 4.69) is 9.97 Å². The molecule has 0 atom stereocenters. The number of carboxylic acids is 1. The largest absolute Gasteiger partial charge is 0.481 e. The quantitative estimate of drug-likeness (QED) is 0.715. The standard InChI is InChI=1S/C6H5ClN2O2/c7-4-2-8-3-9-5(4)1-6(10)11/h2-3H,1H2,(H,10,11). The fraction of sp³-hybridized carbons (Fsp3) is 0.167. The average Bonchev–Trinajstić information content (AvgIpc) is 1.93. The molecule has 5 heteroatoms. The van der Waals surface area contributed by atoms with Crippen LogP contribution in [0.2, 0.25) is 5.02 Å². The van der Waals surface area contributed by atoms with Gasteiger partial charge in [0, 0.05) is 6.20 Å². The van der Waals surface area contributed by atoms with E-state index < -0.39 is 5.97 Å².